The Morgan fingerprint density at radius 3 is 1.26 bits per heavy atom. The normalized spacial score (nSPS) is 9.26. The van der Waals surface area contributed by atoms with Gasteiger partial charge in [0.15, 0.2) is 5.78 Å². The number of hydrogen-bond acceptors (Lipinski definition) is 4. The lowest BCUT2D eigenvalue weighted by atomic mass is 10.0. The molecule has 3 rings (SSSR count). The molecule has 0 atom stereocenters. The van der Waals surface area contributed by atoms with Crippen LogP contribution in [0.2, 0.25) is 0 Å². The van der Waals surface area contributed by atoms with Gasteiger partial charge in [0.05, 0.1) is 0 Å². The van der Waals surface area contributed by atoms with E-state index in [1.165, 1.54) is 24.3 Å². The molecular formula is C23H26O4. The Labute approximate surface area is 160 Å². The van der Waals surface area contributed by atoms with Crippen molar-refractivity contribution in [1.29, 1.82) is 0 Å². The molecule has 0 fully saturated rings. The van der Waals surface area contributed by atoms with Crippen molar-refractivity contribution in [3.63, 3.8) is 0 Å². The quantitative estimate of drug-likeness (QED) is 0.500. The second-order valence-corrected chi connectivity index (χ2v) is 5.36. The van der Waals surface area contributed by atoms with Crippen LogP contribution in [0, 0.1) is 0 Å². The number of hydrogen-bond donors (Lipinski definition) is 2. The minimum Gasteiger partial charge on any atom is -0.508 e. The zero-order valence-electron chi connectivity index (χ0n) is 15.7. The van der Waals surface area contributed by atoms with Crippen LogP contribution < -0.4 is 0 Å². The zero-order valence-corrected chi connectivity index (χ0v) is 15.7. The summed E-state index contributed by atoms with van der Waals surface area (Å²) in [5.74, 6) is 0.414. The molecule has 0 amide bonds. The predicted octanol–water partition coefficient (Wildman–Crippen LogP) is 5.06. The molecule has 0 aromatic heterocycles. The summed E-state index contributed by atoms with van der Waals surface area (Å²) in [6.45, 7) is 5.67. The summed E-state index contributed by atoms with van der Waals surface area (Å²) >= 11 is 0. The van der Waals surface area contributed by atoms with E-state index >= 15 is 0 Å². The first-order chi connectivity index (χ1) is 13.1. The van der Waals surface area contributed by atoms with Crippen LogP contribution in [0.5, 0.6) is 11.5 Å². The van der Waals surface area contributed by atoms with Crippen molar-refractivity contribution in [1.82, 2.24) is 0 Å². The van der Waals surface area contributed by atoms with Gasteiger partial charge in [-0.3, -0.25) is 4.79 Å². The molecule has 0 saturated heterocycles. The molecule has 0 spiro atoms. The number of benzene rings is 3. The smallest absolute Gasteiger partial charge is 0.193 e. The average molecular weight is 366 g/mol. The summed E-state index contributed by atoms with van der Waals surface area (Å²) in [7, 11) is 0. The van der Waals surface area contributed by atoms with Crippen molar-refractivity contribution in [3.8, 4) is 11.5 Å². The maximum Gasteiger partial charge on any atom is 0.193 e. The van der Waals surface area contributed by atoms with Crippen LogP contribution in [0.1, 0.15) is 29.8 Å². The number of ether oxygens (including phenoxy) is 1. The Kier molecular flexibility index (Phi) is 10.7. The summed E-state index contributed by atoms with van der Waals surface area (Å²) in [6, 6.07) is 24.3. The molecule has 4 nitrogen and oxygen atoms in total. The standard InChI is InChI=1S/C13H10O.C6H6O2.C4H10O/c14-13(11-7-3-1-4-8-11)12-9-5-2-6-10-12;7-5-1-2-6(8)4-3-5;1-3-5-4-2/h1-10H;1-4,7-8H;3-4H2,1-2H3. The highest BCUT2D eigenvalue weighted by atomic mass is 16.5. The molecule has 2 N–H and O–H groups in total. The molecule has 3 aromatic rings. The molecule has 3 aromatic carbocycles. The van der Waals surface area contributed by atoms with E-state index in [1.807, 2.05) is 74.5 Å². The van der Waals surface area contributed by atoms with Crippen molar-refractivity contribution < 1.29 is 19.7 Å². The van der Waals surface area contributed by atoms with Crippen LogP contribution >= 0.6 is 0 Å². The third-order valence-electron chi connectivity index (χ3n) is 3.33. The first-order valence-corrected chi connectivity index (χ1v) is 8.79. The number of phenols is 2. The van der Waals surface area contributed by atoms with Gasteiger partial charge >= 0.3 is 0 Å². The molecule has 4 heteroatoms. The van der Waals surface area contributed by atoms with Gasteiger partial charge in [-0.15, -0.1) is 0 Å². The first-order valence-electron chi connectivity index (χ1n) is 8.79. The van der Waals surface area contributed by atoms with E-state index in [-0.39, 0.29) is 17.3 Å². The van der Waals surface area contributed by atoms with Crippen molar-refractivity contribution in [2.45, 2.75) is 13.8 Å². The second-order valence-electron chi connectivity index (χ2n) is 5.36. The lowest BCUT2D eigenvalue weighted by Crippen LogP contribution is -1.99. The average Bonchev–Trinajstić information content (AvgIpc) is 2.72. The van der Waals surface area contributed by atoms with Gasteiger partial charge < -0.3 is 14.9 Å². The predicted molar refractivity (Wildman–Crippen MR) is 108 cm³/mol. The Hall–Kier alpha value is -3.11. The van der Waals surface area contributed by atoms with Gasteiger partial charge in [-0.25, -0.2) is 0 Å². The Balaban J connectivity index is 0.000000237. The molecule has 0 heterocycles. The summed E-state index contributed by atoms with van der Waals surface area (Å²) in [5.41, 5.74) is 1.47. The molecule has 142 valence electrons. The topological polar surface area (TPSA) is 66.8 Å². The summed E-state index contributed by atoms with van der Waals surface area (Å²) in [6.07, 6.45) is 0. The Bertz CT molecular complexity index is 689. The highest BCUT2D eigenvalue weighted by Gasteiger charge is 2.06. The maximum atomic E-state index is 11.8. The maximum absolute atomic E-state index is 11.8. The lowest BCUT2D eigenvalue weighted by Gasteiger charge is -1.99. The van der Waals surface area contributed by atoms with Gasteiger partial charge in [-0.05, 0) is 38.1 Å². The molecular weight excluding hydrogens is 340 g/mol. The van der Waals surface area contributed by atoms with E-state index < -0.39 is 0 Å². The third-order valence-corrected chi connectivity index (χ3v) is 3.33. The molecule has 0 bridgehead atoms. The summed E-state index contributed by atoms with van der Waals surface area (Å²) in [5, 5.41) is 17.3. The first kappa shape index (κ1) is 21.9. The van der Waals surface area contributed by atoms with Crippen molar-refractivity contribution in [2.75, 3.05) is 13.2 Å². The molecule has 0 aliphatic rings. The van der Waals surface area contributed by atoms with Gasteiger partial charge in [0.2, 0.25) is 0 Å². The van der Waals surface area contributed by atoms with Crippen molar-refractivity contribution >= 4 is 5.78 Å². The minimum absolute atomic E-state index is 0.0752. The number of carbonyl (C=O) groups is 1. The summed E-state index contributed by atoms with van der Waals surface area (Å²) < 4.78 is 4.83. The lowest BCUT2D eigenvalue weighted by molar-refractivity contribution is 0.103. The van der Waals surface area contributed by atoms with Crippen LogP contribution in [-0.4, -0.2) is 29.2 Å². The highest BCUT2D eigenvalue weighted by molar-refractivity contribution is 6.08. The number of aromatic hydroxyl groups is 2. The van der Waals surface area contributed by atoms with Crippen LogP contribution in [0.25, 0.3) is 0 Å². The second kappa shape index (κ2) is 13.1. The summed E-state index contributed by atoms with van der Waals surface area (Å²) in [4.78, 5) is 11.8. The van der Waals surface area contributed by atoms with Gasteiger partial charge in [0.1, 0.15) is 11.5 Å². The van der Waals surface area contributed by atoms with Gasteiger partial charge in [0.25, 0.3) is 0 Å². The SMILES string of the molecule is CCOCC.O=C(c1ccccc1)c1ccccc1.Oc1ccc(O)cc1. The van der Waals surface area contributed by atoms with Crippen molar-refractivity contribution in [2.24, 2.45) is 0 Å². The fourth-order valence-corrected chi connectivity index (χ4v) is 2.00. The third kappa shape index (κ3) is 9.23. The van der Waals surface area contributed by atoms with Gasteiger partial charge in [-0.1, -0.05) is 60.7 Å². The van der Waals surface area contributed by atoms with E-state index in [0.29, 0.717) is 0 Å². The number of carbonyl (C=O) groups excluding carboxylic acids is 1. The van der Waals surface area contributed by atoms with E-state index in [0.717, 1.165) is 24.3 Å². The molecule has 27 heavy (non-hydrogen) atoms. The number of ketones is 1. The fourth-order valence-electron chi connectivity index (χ4n) is 2.00. The van der Waals surface area contributed by atoms with Crippen LogP contribution in [-0.2, 0) is 4.74 Å². The highest BCUT2D eigenvalue weighted by Crippen LogP contribution is 2.13. The van der Waals surface area contributed by atoms with Gasteiger partial charge in [-0.2, -0.15) is 0 Å². The van der Waals surface area contributed by atoms with E-state index in [2.05, 4.69) is 0 Å². The molecule has 0 aliphatic carbocycles. The van der Waals surface area contributed by atoms with Crippen LogP contribution in [0.15, 0.2) is 84.9 Å². The minimum atomic E-state index is 0.0752. The zero-order chi connectivity index (χ0) is 19.9. The fraction of sp³-hybridized carbons (Fsp3) is 0.174. The van der Waals surface area contributed by atoms with Crippen LogP contribution in [0.3, 0.4) is 0 Å². The van der Waals surface area contributed by atoms with E-state index in [9.17, 15) is 4.79 Å². The largest absolute Gasteiger partial charge is 0.508 e. The van der Waals surface area contributed by atoms with E-state index in [1.54, 1.807) is 0 Å². The molecule has 0 saturated carbocycles. The number of phenolic OH excluding ortho intramolecular Hbond substituents is 2. The number of rotatable bonds is 4. The van der Waals surface area contributed by atoms with E-state index in [4.69, 9.17) is 14.9 Å². The monoisotopic (exact) mass is 366 g/mol. The van der Waals surface area contributed by atoms with Crippen molar-refractivity contribution in [3.05, 3.63) is 96.1 Å². The van der Waals surface area contributed by atoms with Gasteiger partial charge in [0, 0.05) is 24.3 Å². The molecule has 0 aliphatic heterocycles. The Morgan fingerprint density at radius 1 is 0.667 bits per heavy atom. The van der Waals surface area contributed by atoms with Crippen LogP contribution in [0.4, 0.5) is 0 Å². The molecule has 0 unspecified atom stereocenters. The molecule has 0 radical (unpaired) electrons. The Morgan fingerprint density at radius 2 is 1.00 bits per heavy atom.